The molecule has 0 saturated heterocycles. The number of hydrogen-bond acceptors (Lipinski definition) is 4. The quantitative estimate of drug-likeness (QED) is 0.481. The van der Waals surface area contributed by atoms with Crippen molar-refractivity contribution in [3.05, 3.63) is 0 Å². The maximum atomic E-state index is 11.0. The Morgan fingerprint density at radius 3 is 2.33 bits per heavy atom. The predicted octanol–water partition coefficient (Wildman–Crippen LogP) is 0.747. The minimum atomic E-state index is -0.542. The Kier molecular flexibility index (Phi) is 3.99. The van der Waals surface area contributed by atoms with Crippen molar-refractivity contribution in [2.24, 2.45) is 5.90 Å². The van der Waals surface area contributed by atoms with Gasteiger partial charge in [-0.15, -0.1) is 0 Å². The maximum Gasteiger partial charge on any atom is 0.409 e. The van der Waals surface area contributed by atoms with Crippen LogP contribution in [-0.4, -0.2) is 17.9 Å². The molecule has 5 heteroatoms. The van der Waals surface area contributed by atoms with Crippen LogP contribution in [0.4, 0.5) is 4.79 Å². The molecule has 0 heterocycles. The monoisotopic (exact) mass is 176 g/mol. The Morgan fingerprint density at radius 2 is 2.00 bits per heavy atom. The lowest BCUT2D eigenvalue weighted by molar-refractivity contribution is 0.0127. The first-order chi connectivity index (χ1) is 5.35. The number of amides is 1. The van der Waals surface area contributed by atoms with E-state index >= 15 is 0 Å². The van der Waals surface area contributed by atoms with E-state index in [1.165, 1.54) is 0 Å². The highest BCUT2D eigenvalue weighted by molar-refractivity contribution is 5.67. The fraction of sp³-hybridized carbons (Fsp3) is 0.857. The molecule has 0 fully saturated rings. The van der Waals surface area contributed by atoms with Crippen LogP contribution in [0.1, 0.15) is 27.7 Å². The Morgan fingerprint density at radius 1 is 1.50 bits per heavy atom. The van der Waals surface area contributed by atoms with E-state index < -0.39 is 17.9 Å². The molecular formula is C7H16N2O3. The van der Waals surface area contributed by atoms with Gasteiger partial charge in [-0.05, 0) is 27.7 Å². The van der Waals surface area contributed by atoms with Crippen LogP contribution >= 0.6 is 0 Å². The highest BCUT2D eigenvalue weighted by atomic mass is 16.6. The molecule has 0 radical (unpaired) electrons. The van der Waals surface area contributed by atoms with Gasteiger partial charge in [0.1, 0.15) is 11.8 Å². The van der Waals surface area contributed by atoms with Gasteiger partial charge in [0.25, 0.3) is 0 Å². The van der Waals surface area contributed by atoms with E-state index in [2.05, 4.69) is 10.2 Å². The molecule has 0 aliphatic rings. The number of alkyl carbamates (subject to hydrolysis) is 1. The normalized spacial score (nSPS) is 13.8. The summed E-state index contributed by atoms with van der Waals surface area (Å²) in [4.78, 5) is 15.3. The summed E-state index contributed by atoms with van der Waals surface area (Å²) in [5, 5.41) is 2.38. The average molecular weight is 176 g/mol. The Labute approximate surface area is 72.2 Å². The zero-order valence-electron chi connectivity index (χ0n) is 7.88. The fourth-order valence-corrected chi connectivity index (χ4v) is 0.508. The second kappa shape index (κ2) is 4.27. The van der Waals surface area contributed by atoms with Gasteiger partial charge in [-0.1, -0.05) is 0 Å². The van der Waals surface area contributed by atoms with Gasteiger partial charge in [-0.25, -0.2) is 10.7 Å². The Bertz CT molecular complexity index is 153. The van der Waals surface area contributed by atoms with Gasteiger partial charge in [-0.2, -0.15) is 0 Å². The molecule has 72 valence electrons. The van der Waals surface area contributed by atoms with Gasteiger partial charge in [0.2, 0.25) is 0 Å². The lowest BCUT2D eigenvalue weighted by atomic mass is 10.2. The molecule has 3 N–H and O–H groups in total. The standard InChI is InChI=1S/C7H16N2O3/c1-5(12-8)9-6(10)11-7(2,3)4/h5H,8H2,1-4H3,(H,9,10). The second-order valence-corrected chi connectivity index (χ2v) is 3.42. The van der Waals surface area contributed by atoms with Crippen LogP contribution in [0.3, 0.4) is 0 Å². The van der Waals surface area contributed by atoms with Crippen LogP contribution in [0.15, 0.2) is 0 Å². The molecular weight excluding hydrogens is 160 g/mol. The highest BCUT2D eigenvalue weighted by Crippen LogP contribution is 2.06. The topological polar surface area (TPSA) is 73.6 Å². The largest absolute Gasteiger partial charge is 0.444 e. The van der Waals surface area contributed by atoms with Gasteiger partial charge < -0.3 is 4.74 Å². The van der Waals surface area contributed by atoms with Crippen molar-refractivity contribution < 1.29 is 14.4 Å². The minimum Gasteiger partial charge on any atom is -0.444 e. The van der Waals surface area contributed by atoms with Crippen molar-refractivity contribution in [2.45, 2.75) is 39.5 Å². The van der Waals surface area contributed by atoms with Crippen molar-refractivity contribution in [1.29, 1.82) is 0 Å². The van der Waals surface area contributed by atoms with E-state index in [4.69, 9.17) is 10.6 Å². The van der Waals surface area contributed by atoms with E-state index in [1.54, 1.807) is 27.7 Å². The van der Waals surface area contributed by atoms with E-state index in [9.17, 15) is 4.79 Å². The first kappa shape index (κ1) is 11.2. The predicted molar refractivity (Wildman–Crippen MR) is 44.1 cm³/mol. The summed E-state index contributed by atoms with van der Waals surface area (Å²) in [6.07, 6.45) is -1.08. The summed E-state index contributed by atoms with van der Waals surface area (Å²) in [5.74, 6) is 4.81. The highest BCUT2D eigenvalue weighted by Gasteiger charge is 2.17. The number of carbonyl (C=O) groups is 1. The number of rotatable bonds is 2. The molecule has 1 atom stereocenters. The van der Waals surface area contributed by atoms with Crippen LogP contribution in [0.2, 0.25) is 0 Å². The van der Waals surface area contributed by atoms with Crippen LogP contribution < -0.4 is 11.2 Å². The molecule has 0 rings (SSSR count). The number of carbonyl (C=O) groups excluding carboxylic acids is 1. The summed E-state index contributed by atoms with van der Waals surface area (Å²) < 4.78 is 4.92. The molecule has 0 saturated carbocycles. The molecule has 5 nitrogen and oxygen atoms in total. The van der Waals surface area contributed by atoms with Gasteiger partial charge in [0.05, 0.1) is 0 Å². The molecule has 0 aromatic rings. The summed E-state index contributed by atoms with van der Waals surface area (Å²) in [6.45, 7) is 6.94. The summed E-state index contributed by atoms with van der Waals surface area (Å²) >= 11 is 0. The van der Waals surface area contributed by atoms with Crippen molar-refractivity contribution in [2.75, 3.05) is 0 Å². The van der Waals surface area contributed by atoms with Crippen molar-refractivity contribution in [3.8, 4) is 0 Å². The fourth-order valence-electron chi connectivity index (χ4n) is 0.508. The zero-order chi connectivity index (χ0) is 9.78. The van der Waals surface area contributed by atoms with E-state index in [0.717, 1.165) is 0 Å². The molecule has 0 aliphatic carbocycles. The molecule has 0 aromatic carbocycles. The number of nitrogens with one attached hydrogen (secondary N) is 1. The molecule has 12 heavy (non-hydrogen) atoms. The van der Waals surface area contributed by atoms with Crippen LogP contribution in [0.25, 0.3) is 0 Å². The third kappa shape index (κ3) is 5.94. The lowest BCUT2D eigenvalue weighted by Gasteiger charge is -2.21. The van der Waals surface area contributed by atoms with Crippen molar-refractivity contribution >= 4 is 6.09 Å². The first-order valence-electron chi connectivity index (χ1n) is 3.70. The number of ether oxygens (including phenoxy) is 1. The average Bonchev–Trinajstić information content (AvgIpc) is 1.82. The summed E-state index contributed by atoms with van der Waals surface area (Å²) in [6, 6.07) is 0. The van der Waals surface area contributed by atoms with Gasteiger partial charge in [0.15, 0.2) is 0 Å². The molecule has 0 spiro atoms. The smallest absolute Gasteiger partial charge is 0.409 e. The number of nitrogens with two attached hydrogens (primary N) is 1. The molecule has 1 unspecified atom stereocenters. The van der Waals surface area contributed by atoms with Crippen LogP contribution in [0, 0.1) is 0 Å². The third-order valence-electron chi connectivity index (χ3n) is 0.924. The summed E-state index contributed by atoms with van der Waals surface area (Å²) in [7, 11) is 0. The summed E-state index contributed by atoms with van der Waals surface area (Å²) in [5.41, 5.74) is -0.502. The Balaban J connectivity index is 3.75. The van der Waals surface area contributed by atoms with Crippen molar-refractivity contribution in [1.82, 2.24) is 5.32 Å². The third-order valence-corrected chi connectivity index (χ3v) is 0.924. The van der Waals surface area contributed by atoms with Crippen LogP contribution in [0.5, 0.6) is 0 Å². The van der Waals surface area contributed by atoms with E-state index in [1.807, 2.05) is 0 Å². The molecule has 0 aliphatic heterocycles. The van der Waals surface area contributed by atoms with Gasteiger partial charge >= 0.3 is 6.09 Å². The van der Waals surface area contributed by atoms with E-state index in [-0.39, 0.29) is 0 Å². The zero-order valence-corrected chi connectivity index (χ0v) is 7.88. The van der Waals surface area contributed by atoms with Gasteiger partial charge in [0, 0.05) is 0 Å². The van der Waals surface area contributed by atoms with Crippen LogP contribution in [-0.2, 0) is 9.57 Å². The lowest BCUT2D eigenvalue weighted by Crippen LogP contribution is -2.40. The maximum absolute atomic E-state index is 11.0. The second-order valence-electron chi connectivity index (χ2n) is 3.42. The molecule has 1 amide bonds. The SMILES string of the molecule is CC(NC(=O)OC(C)(C)C)ON. The van der Waals surface area contributed by atoms with Gasteiger partial charge in [-0.3, -0.25) is 10.2 Å². The van der Waals surface area contributed by atoms with Crippen molar-refractivity contribution in [3.63, 3.8) is 0 Å². The van der Waals surface area contributed by atoms with E-state index in [0.29, 0.717) is 0 Å². The Hall–Kier alpha value is -0.810. The molecule has 0 bridgehead atoms. The first-order valence-corrected chi connectivity index (χ1v) is 3.70. The minimum absolute atomic E-state index is 0.502. The molecule has 0 aromatic heterocycles. The number of hydrogen-bond donors (Lipinski definition) is 2.